The summed E-state index contributed by atoms with van der Waals surface area (Å²) < 4.78 is 43.3. The molecule has 0 aliphatic carbocycles. The first kappa shape index (κ1) is 15.6. The van der Waals surface area contributed by atoms with Gasteiger partial charge in [0.15, 0.2) is 0 Å². The van der Waals surface area contributed by atoms with E-state index in [1.54, 1.807) is 25.1 Å². The molecule has 0 fully saturated rings. The van der Waals surface area contributed by atoms with E-state index in [2.05, 4.69) is 5.32 Å². The quantitative estimate of drug-likeness (QED) is 0.885. The fourth-order valence-electron chi connectivity index (χ4n) is 2.10. The first-order valence-electron chi connectivity index (χ1n) is 6.49. The Labute approximate surface area is 120 Å². The fourth-order valence-corrected chi connectivity index (χ4v) is 2.10. The molecule has 0 bridgehead atoms. The van der Waals surface area contributed by atoms with Gasteiger partial charge in [0, 0.05) is 6.04 Å². The average Bonchev–Trinajstić information content (AvgIpc) is 2.97. The van der Waals surface area contributed by atoms with Gasteiger partial charge in [0.2, 0.25) is 0 Å². The lowest BCUT2D eigenvalue weighted by atomic mass is 10.0. The Morgan fingerprint density at radius 2 is 2.00 bits per heavy atom. The molecule has 0 aliphatic rings. The van der Waals surface area contributed by atoms with E-state index >= 15 is 0 Å². The van der Waals surface area contributed by atoms with Crippen LogP contribution in [-0.2, 0) is 6.18 Å². The number of aliphatic hydroxyl groups is 1. The Hall–Kier alpha value is -1.79. The molecule has 1 aromatic heterocycles. The molecule has 2 unspecified atom stereocenters. The maximum Gasteiger partial charge on any atom is 0.416 e. The molecule has 1 aromatic carbocycles. The van der Waals surface area contributed by atoms with Gasteiger partial charge in [-0.05, 0) is 36.8 Å². The summed E-state index contributed by atoms with van der Waals surface area (Å²) in [4.78, 5) is 0. The first-order chi connectivity index (χ1) is 9.91. The lowest BCUT2D eigenvalue weighted by Crippen LogP contribution is -2.27. The minimum Gasteiger partial charge on any atom is -0.468 e. The second-order valence-corrected chi connectivity index (χ2v) is 4.76. The van der Waals surface area contributed by atoms with Crippen LogP contribution in [0.4, 0.5) is 13.2 Å². The summed E-state index contributed by atoms with van der Waals surface area (Å²) in [5.41, 5.74) is -0.193. The third kappa shape index (κ3) is 3.86. The van der Waals surface area contributed by atoms with Gasteiger partial charge in [0.1, 0.15) is 5.76 Å². The Kier molecular flexibility index (Phi) is 4.69. The van der Waals surface area contributed by atoms with Crippen molar-refractivity contribution in [1.29, 1.82) is 0 Å². The molecule has 0 amide bonds. The molecule has 1 heterocycles. The number of furan rings is 1. The highest BCUT2D eigenvalue weighted by Crippen LogP contribution is 2.31. The molecule has 2 N–H and O–H groups in total. The van der Waals surface area contributed by atoms with E-state index in [9.17, 15) is 18.3 Å². The number of rotatable bonds is 5. The van der Waals surface area contributed by atoms with Gasteiger partial charge in [-0.2, -0.15) is 13.2 Å². The number of aliphatic hydroxyl groups excluding tert-OH is 1. The van der Waals surface area contributed by atoms with Gasteiger partial charge >= 0.3 is 6.18 Å². The minimum absolute atomic E-state index is 0.211. The van der Waals surface area contributed by atoms with Crippen LogP contribution in [-0.4, -0.2) is 11.7 Å². The van der Waals surface area contributed by atoms with E-state index in [0.717, 1.165) is 12.1 Å². The fraction of sp³-hybridized carbons (Fsp3) is 0.333. The SMILES string of the molecule is CC(NC(CO)c1ccco1)c1cccc(C(F)(F)F)c1. The van der Waals surface area contributed by atoms with Crippen LogP contribution in [0.5, 0.6) is 0 Å². The Bertz CT molecular complexity index is 567. The van der Waals surface area contributed by atoms with Crippen molar-refractivity contribution in [3.63, 3.8) is 0 Å². The highest BCUT2D eigenvalue weighted by Gasteiger charge is 2.30. The maximum absolute atomic E-state index is 12.7. The van der Waals surface area contributed by atoms with Crippen LogP contribution in [0.15, 0.2) is 47.1 Å². The van der Waals surface area contributed by atoms with Gasteiger partial charge in [0.25, 0.3) is 0 Å². The minimum atomic E-state index is -4.37. The summed E-state index contributed by atoms with van der Waals surface area (Å²) in [6, 6.07) is 7.68. The molecule has 0 aliphatic heterocycles. The number of benzene rings is 1. The van der Waals surface area contributed by atoms with E-state index < -0.39 is 17.8 Å². The Balaban J connectivity index is 2.14. The van der Waals surface area contributed by atoms with Crippen LogP contribution >= 0.6 is 0 Å². The molecule has 0 saturated heterocycles. The van der Waals surface area contributed by atoms with Gasteiger partial charge < -0.3 is 9.52 Å². The summed E-state index contributed by atoms with van der Waals surface area (Å²) >= 11 is 0. The van der Waals surface area contributed by atoms with Crippen molar-refractivity contribution in [1.82, 2.24) is 5.32 Å². The number of hydrogen-bond acceptors (Lipinski definition) is 3. The molecule has 114 valence electrons. The third-order valence-electron chi connectivity index (χ3n) is 3.23. The van der Waals surface area contributed by atoms with E-state index in [-0.39, 0.29) is 12.6 Å². The normalized spacial score (nSPS) is 14.9. The van der Waals surface area contributed by atoms with Gasteiger partial charge in [-0.15, -0.1) is 0 Å². The summed E-state index contributed by atoms with van der Waals surface area (Å²) in [6.45, 7) is 1.53. The first-order valence-corrected chi connectivity index (χ1v) is 6.49. The zero-order valence-electron chi connectivity index (χ0n) is 11.4. The molecule has 3 nitrogen and oxygen atoms in total. The van der Waals surface area contributed by atoms with E-state index in [4.69, 9.17) is 4.42 Å². The average molecular weight is 299 g/mol. The Morgan fingerprint density at radius 3 is 2.57 bits per heavy atom. The highest BCUT2D eigenvalue weighted by molar-refractivity contribution is 5.28. The van der Waals surface area contributed by atoms with Crippen molar-refractivity contribution in [2.45, 2.75) is 25.2 Å². The molecule has 6 heteroatoms. The van der Waals surface area contributed by atoms with Crippen LogP contribution in [0.25, 0.3) is 0 Å². The lowest BCUT2D eigenvalue weighted by Gasteiger charge is -2.21. The van der Waals surface area contributed by atoms with Gasteiger partial charge in [-0.1, -0.05) is 12.1 Å². The molecule has 21 heavy (non-hydrogen) atoms. The van der Waals surface area contributed by atoms with Crippen LogP contribution in [0, 0.1) is 0 Å². The predicted octanol–water partition coefficient (Wildman–Crippen LogP) is 3.68. The topological polar surface area (TPSA) is 45.4 Å². The van der Waals surface area contributed by atoms with Gasteiger partial charge in [-0.25, -0.2) is 0 Å². The molecule has 0 radical (unpaired) electrons. The van der Waals surface area contributed by atoms with Crippen LogP contribution in [0.3, 0.4) is 0 Å². The molecule has 0 spiro atoms. The van der Waals surface area contributed by atoms with E-state index in [1.165, 1.54) is 12.3 Å². The number of alkyl halides is 3. The van der Waals surface area contributed by atoms with Gasteiger partial charge in [-0.3, -0.25) is 5.32 Å². The standard InChI is InChI=1S/C15H16F3NO2/c1-10(19-13(9-20)14-6-3-7-21-14)11-4-2-5-12(8-11)15(16,17)18/h2-8,10,13,19-20H,9H2,1H3. The molecule has 2 aromatic rings. The predicted molar refractivity (Wildman–Crippen MR) is 71.5 cm³/mol. The molecular formula is C15H16F3NO2. The number of nitrogens with one attached hydrogen (secondary N) is 1. The molecule has 0 saturated carbocycles. The highest BCUT2D eigenvalue weighted by atomic mass is 19.4. The second kappa shape index (κ2) is 6.32. The van der Waals surface area contributed by atoms with Crippen LogP contribution < -0.4 is 5.32 Å². The van der Waals surface area contributed by atoms with Crippen molar-refractivity contribution in [2.24, 2.45) is 0 Å². The van der Waals surface area contributed by atoms with Gasteiger partial charge in [0.05, 0.1) is 24.5 Å². The van der Waals surface area contributed by atoms with Crippen LogP contribution in [0.1, 0.15) is 35.9 Å². The summed E-state index contributed by atoms with van der Waals surface area (Å²) in [6.07, 6.45) is -2.89. The molecule has 2 atom stereocenters. The second-order valence-electron chi connectivity index (χ2n) is 4.76. The van der Waals surface area contributed by atoms with E-state index in [0.29, 0.717) is 11.3 Å². The largest absolute Gasteiger partial charge is 0.468 e. The smallest absolute Gasteiger partial charge is 0.416 e. The van der Waals surface area contributed by atoms with Crippen molar-refractivity contribution in [3.05, 3.63) is 59.5 Å². The summed E-state index contributed by atoms with van der Waals surface area (Å²) in [5, 5.41) is 12.4. The Morgan fingerprint density at radius 1 is 1.24 bits per heavy atom. The molecular weight excluding hydrogens is 283 g/mol. The molecule has 2 rings (SSSR count). The van der Waals surface area contributed by atoms with Crippen molar-refractivity contribution >= 4 is 0 Å². The summed E-state index contributed by atoms with van der Waals surface area (Å²) in [7, 11) is 0. The number of hydrogen-bond donors (Lipinski definition) is 2. The maximum atomic E-state index is 12.7. The van der Waals surface area contributed by atoms with Crippen molar-refractivity contribution in [3.8, 4) is 0 Å². The van der Waals surface area contributed by atoms with Crippen molar-refractivity contribution in [2.75, 3.05) is 6.61 Å². The van der Waals surface area contributed by atoms with Crippen LogP contribution in [0.2, 0.25) is 0 Å². The zero-order valence-corrected chi connectivity index (χ0v) is 11.4. The third-order valence-corrected chi connectivity index (χ3v) is 3.23. The monoisotopic (exact) mass is 299 g/mol. The lowest BCUT2D eigenvalue weighted by molar-refractivity contribution is -0.137. The van der Waals surface area contributed by atoms with Crippen molar-refractivity contribution < 1.29 is 22.7 Å². The summed E-state index contributed by atoms with van der Waals surface area (Å²) in [5.74, 6) is 0.538. The zero-order chi connectivity index (χ0) is 15.5. The number of halogens is 3. The van der Waals surface area contributed by atoms with E-state index in [1.807, 2.05) is 0 Å².